The minimum absolute atomic E-state index is 0.105. The second-order valence-electron chi connectivity index (χ2n) is 5.00. The van der Waals surface area contributed by atoms with Crippen LogP contribution >= 0.6 is 0 Å². The molecule has 1 aromatic heterocycles. The van der Waals surface area contributed by atoms with Crippen molar-refractivity contribution in [2.24, 2.45) is 0 Å². The lowest BCUT2D eigenvalue weighted by Gasteiger charge is -2.09. The Kier molecular flexibility index (Phi) is 5.19. The average molecular weight is 323 g/mol. The van der Waals surface area contributed by atoms with E-state index in [0.29, 0.717) is 19.0 Å². The lowest BCUT2D eigenvalue weighted by molar-refractivity contribution is -0.123. The van der Waals surface area contributed by atoms with E-state index >= 15 is 0 Å². The molecular weight excluding hydrogens is 306 g/mol. The Morgan fingerprint density at radius 3 is 2.62 bits per heavy atom. The number of ether oxygens (including phenoxy) is 2. The highest BCUT2D eigenvalue weighted by Gasteiger charge is 2.07. The maximum atomic E-state index is 11.8. The smallest absolute Gasteiger partial charge is 0.258 e. The molecule has 6 heteroatoms. The summed E-state index contributed by atoms with van der Waals surface area (Å²) in [5, 5.41) is 3.52. The Morgan fingerprint density at radius 2 is 1.75 bits per heavy atom. The Bertz CT molecular complexity index is 803. The minimum Gasteiger partial charge on any atom is -0.492 e. The van der Waals surface area contributed by atoms with Gasteiger partial charge in [-0.15, -0.1) is 0 Å². The van der Waals surface area contributed by atoms with Crippen molar-refractivity contribution in [1.82, 2.24) is 15.3 Å². The van der Waals surface area contributed by atoms with Gasteiger partial charge >= 0.3 is 0 Å². The van der Waals surface area contributed by atoms with Crippen molar-refractivity contribution in [2.45, 2.75) is 0 Å². The van der Waals surface area contributed by atoms with Crippen molar-refractivity contribution in [1.29, 1.82) is 0 Å². The zero-order valence-electron chi connectivity index (χ0n) is 13.0. The van der Waals surface area contributed by atoms with E-state index in [-0.39, 0.29) is 12.5 Å². The quantitative estimate of drug-likeness (QED) is 0.675. The van der Waals surface area contributed by atoms with E-state index in [1.807, 2.05) is 54.6 Å². The van der Waals surface area contributed by atoms with Crippen LogP contribution in [0.1, 0.15) is 0 Å². The van der Waals surface area contributed by atoms with Gasteiger partial charge in [-0.2, -0.15) is 0 Å². The topological polar surface area (TPSA) is 73.3 Å². The van der Waals surface area contributed by atoms with E-state index < -0.39 is 0 Å². The SMILES string of the molecule is O=C(COc1ncnc2ccccc12)NCCOc1ccccc1. The van der Waals surface area contributed by atoms with E-state index in [9.17, 15) is 4.79 Å². The molecule has 1 heterocycles. The molecule has 0 bridgehead atoms. The van der Waals surface area contributed by atoms with Gasteiger partial charge in [0.2, 0.25) is 5.88 Å². The van der Waals surface area contributed by atoms with Crippen molar-refractivity contribution in [3.63, 3.8) is 0 Å². The molecule has 0 spiro atoms. The molecule has 0 fully saturated rings. The number of fused-ring (bicyclic) bond motifs is 1. The van der Waals surface area contributed by atoms with Gasteiger partial charge in [0.1, 0.15) is 18.7 Å². The number of carbonyl (C=O) groups excluding carboxylic acids is 1. The number of hydrogen-bond donors (Lipinski definition) is 1. The predicted molar refractivity (Wildman–Crippen MR) is 90.0 cm³/mol. The lowest BCUT2D eigenvalue weighted by Crippen LogP contribution is -2.32. The molecule has 0 aliphatic rings. The van der Waals surface area contributed by atoms with E-state index in [0.717, 1.165) is 16.7 Å². The van der Waals surface area contributed by atoms with Crippen molar-refractivity contribution in [3.05, 3.63) is 60.9 Å². The van der Waals surface area contributed by atoms with Gasteiger partial charge in [0.25, 0.3) is 5.91 Å². The van der Waals surface area contributed by atoms with Crippen molar-refractivity contribution < 1.29 is 14.3 Å². The molecule has 3 rings (SSSR count). The fourth-order valence-electron chi connectivity index (χ4n) is 2.16. The normalized spacial score (nSPS) is 10.3. The van der Waals surface area contributed by atoms with Crippen LogP contribution in [0.4, 0.5) is 0 Å². The molecule has 24 heavy (non-hydrogen) atoms. The molecule has 1 amide bonds. The molecule has 0 radical (unpaired) electrons. The van der Waals surface area contributed by atoms with Crippen LogP contribution in [0.3, 0.4) is 0 Å². The maximum absolute atomic E-state index is 11.8. The molecule has 0 unspecified atom stereocenters. The number of nitrogens with zero attached hydrogens (tertiary/aromatic N) is 2. The molecule has 0 saturated heterocycles. The summed E-state index contributed by atoms with van der Waals surface area (Å²) in [5.41, 5.74) is 0.777. The molecular formula is C18H17N3O3. The van der Waals surface area contributed by atoms with Crippen LogP contribution in [0.25, 0.3) is 10.9 Å². The summed E-state index contributed by atoms with van der Waals surface area (Å²) in [7, 11) is 0. The summed E-state index contributed by atoms with van der Waals surface area (Å²) >= 11 is 0. The van der Waals surface area contributed by atoms with Gasteiger partial charge in [-0.25, -0.2) is 9.97 Å². The largest absolute Gasteiger partial charge is 0.492 e. The number of nitrogens with one attached hydrogen (secondary N) is 1. The summed E-state index contributed by atoms with van der Waals surface area (Å²) in [6, 6.07) is 16.9. The number of rotatable bonds is 7. The fourth-order valence-corrected chi connectivity index (χ4v) is 2.16. The van der Waals surface area contributed by atoms with Crippen LogP contribution in [0.15, 0.2) is 60.9 Å². The summed E-state index contributed by atoms with van der Waals surface area (Å²) in [6.45, 7) is 0.695. The molecule has 0 aliphatic carbocycles. The zero-order chi connectivity index (χ0) is 16.6. The van der Waals surface area contributed by atoms with Gasteiger partial charge in [-0.1, -0.05) is 30.3 Å². The van der Waals surface area contributed by atoms with Crippen LogP contribution < -0.4 is 14.8 Å². The Hall–Kier alpha value is -3.15. The number of amides is 1. The minimum atomic E-state index is -0.227. The average Bonchev–Trinajstić information content (AvgIpc) is 2.64. The van der Waals surface area contributed by atoms with Crippen molar-refractivity contribution >= 4 is 16.8 Å². The summed E-state index contributed by atoms with van der Waals surface area (Å²) in [5.74, 6) is 0.945. The number of para-hydroxylation sites is 2. The third kappa shape index (κ3) is 4.19. The van der Waals surface area contributed by atoms with Crippen LogP contribution in [0.2, 0.25) is 0 Å². The number of hydrogen-bond acceptors (Lipinski definition) is 5. The van der Waals surface area contributed by atoms with Crippen LogP contribution in [0.5, 0.6) is 11.6 Å². The second-order valence-corrected chi connectivity index (χ2v) is 5.00. The summed E-state index contributed by atoms with van der Waals surface area (Å²) in [4.78, 5) is 20.1. The first-order valence-electron chi connectivity index (χ1n) is 7.60. The molecule has 1 N–H and O–H groups in total. The molecule has 122 valence electrons. The van der Waals surface area contributed by atoms with E-state index in [1.54, 1.807) is 0 Å². The first kappa shape index (κ1) is 15.7. The maximum Gasteiger partial charge on any atom is 0.258 e. The predicted octanol–water partition coefficient (Wildman–Crippen LogP) is 2.20. The van der Waals surface area contributed by atoms with Crippen LogP contribution in [-0.4, -0.2) is 35.6 Å². The standard InChI is InChI=1S/C18H17N3O3/c22-17(19-10-11-23-14-6-2-1-3-7-14)12-24-18-15-8-4-5-9-16(15)20-13-21-18/h1-9,13H,10-12H2,(H,19,22). The lowest BCUT2D eigenvalue weighted by atomic mass is 10.2. The number of carbonyl (C=O) groups is 1. The molecule has 2 aromatic carbocycles. The van der Waals surface area contributed by atoms with Gasteiger partial charge < -0.3 is 14.8 Å². The fraction of sp³-hybridized carbons (Fsp3) is 0.167. The number of aromatic nitrogens is 2. The summed E-state index contributed by atoms with van der Waals surface area (Å²) < 4.78 is 11.0. The Balaban J connectivity index is 1.44. The van der Waals surface area contributed by atoms with Crippen LogP contribution in [-0.2, 0) is 4.79 Å². The highest BCUT2D eigenvalue weighted by Crippen LogP contribution is 2.20. The molecule has 0 atom stereocenters. The second kappa shape index (κ2) is 7.92. The van der Waals surface area contributed by atoms with E-state index in [1.165, 1.54) is 6.33 Å². The highest BCUT2D eigenvalue weighted by atomic mass is 16.5. The zero-order valence-corrected chi connectivity index (χ0v) is 13.0. The third-order valence-corrected chi connectivity index (χ3v) is 3.28. The van der Waals surface area contributed by atoms with E-state index in [4.69, 9.17) is 9.47 Å². The number of benzene rings is 2. The molecule has 0 saturated carbocycles. The molecule has 0 aliphatic heterocycles. The highest BCUT2D eigenvalue weighted by molar-refractivity contribution is 5.83. The van der Waals surface area contributed by atoms with Gasteiger partial charge in [-0.05, 0) is 24.3 Å². The van der Waals surface area contributed by atoms with E-state index in [2.05, 4.69) is 15.3 Å². The summed E-state index contributed by atoms with van der Waals surface area (Å²) in [6.07, 6.45) is 1.42. The van der Waals surface area contributed by atoms with Crippen LogP contribution in [0, 0.1) is 0 Å². The van der Waals surface area contributed by atoms with Gasteiger partial charge in [0, 0.05) is 0 Å². The molecule has 3 aromatic rings. The Labute approximate surface area is 139 Å². The van der Waals surface area contributed by atoms with Gasteiger partial charge in [-0.3, -0.25) is 4.79 Å². The third-order valence-electron chi connectivity index (χ3n) is 3.28. The van der Waals surface area contributed by atoms with Gasteiger partial charge in [0.05, 0.1) is 17.4 Å². The first-order valence-corrected chi connectivity index (χ1v) is 7.60. The Morgan fingerprint density at radius 1 is 0.958 bits per heavy atom. The first-order chi connectivity index (χ1) is 11.8. The van der Waals surface area contributed by atoms with Crippen molar-refractivity contribution in [3.8, 4) is 11.6 Å². The monoisotopic (exact) mass is 323 g/mol. The van der Waals surface area contributed by atoms with Crippen molar-refractivity contribution in [2.75, 3.05) is 19.8 Å². The molecule has 6 nitrogen and oxygen atoms in total. The van der Waals surface area contributed by atoms with Gasteiger partial charge in [0.15, 0.2) is 6.61 Å².